The van der Waals surface area contributed by atoms with E-state index >= 15 is 0 Å². The molecule has 1 amide bonds. The molecule has 0 saturated carbocycles. The first-order valence-corrected chi connectivity index (χ1v) is 7.11. The van der Waals surface area contributed by atoms with Gasteiger partial charge in [0.25, 0.3) is 0 Å². The zero-order valence-electron chi connectivity index (χ0n) is 9.50. The Kier molecular flexibility index (Phi) is 5.78. The highest BCUT2D eigenvalue weighted by molar-refractivity contribution is 7.98. The van der Waals surface area contributed by atoms with Crippen molar-refractivity contribution in [3.8, 4) is 0 Å². The maximum Gasteiger partial charge on any atom is 0.337 e. The fourth-order valence-electron chi connectivity index (χ4n) is 1.27. The average molecular weight is 308 g/mol. The molecule has 98 valence electrons. The molecule has 7 heteroatoms. The molecular weight excluding hydrogens is 297 g/mol. The summed E-state index contributed by atoms with van der Waals surface area (Å²) in [6, 6.07) is 2.64. The summed E-state index contributed by atoms with van der Waals surface area (Å²) in [5.41, 5.74) is -0.0373. The van der Waals surface area contributed by atoms with E-state index in [-0.39, 0.29) is 27.2 Å². The summed E-state index contributed by atoms with van der Waals surface area (Å²) in [5.74, 6) is -0.824. The molecule has 4 nitrogen and oxygen atoms in total. The first-order chi connectivity index (χ1) is 8.45. The summed E-state index contributed by atoms with van der Waals surface area (Å²) in [6.45, 7) is 0. The Bertz CT molecular complexity index is 480. The van der Waals surface area contributed by atoms with Crippen LogP contribution in [0, 0.1) is 0 Å². The van der Waals surface area contributed by atoms with E-state index in [1.807, 2.05) is 6.26 Å². The van der Waals surface area contributed by atoms with E-state index in [2.05, 4.69) is 5.32 Å². The monoisotopic (exact) mass is 307 g/mol. The molecule has 1 rings (SSSR count). The van der Waals surface area contributed by atoms with E-state index in [1.165, 1.54) is 23.9 Å². The number of aromatic carboxylic acids is 1. The van der Waals surface area contributed by atoms with Gasteiger partial charge in [0.1, 0.15) is 0 Å². The molecule has 0 heterocycles. The molecule has 0 aromatic heterocycles. The highest BCUT2D eigenvalue weighted by Gasteiger charge is 2.17. The van der Waals surface area contributed by atoms with Crippen LogP contribution in [0.25, 0.3) is 0 Å². The van der Waals surface area contributed by atoms with Gasteiger partial charge < -0.3 is 10.4 Å². The minimum absolute atomic E-state index is 0.0830. The lowest BCUT2D eigenvalue weighted by atomic mass is 10.1. The Morgan fingerprint density at radius 1 is 1.39 bits per heavy atom. The third-order valence-corrected chi connectivity index (χ3v) is 3.21. The smallest absolute Gasteiger partial charge is 0.337 e. The van der Waals surface area contributed by atoms with E-state index in [9.17, 15) is 9.59 Å². The number of carboxylic acid groups (broad SMARTS) is 1. The van der Waals surface area contributed by atoms with Crippen LogP contribution < -0.4 is 5.32 Å². The van der Waals surface area contributed by atoms with Crippen molar-refractivity contribution in [2.24, 2.45) is 0 Å². The predicted octanol–water partition coefficient (Wildman–Crippen LogP) is 3.38. The normalized spacial score (nSPS) is 10.2. The Morgan fingerprint density at radius 3 is 2.61 bits per heavy atom. The van der Waals surface area contributed by atoms with Gasteiger partial charge in [0.15, 0.2) is 0 Å². The fraction of sp³-hybridized carbons (Fsp3) is 0.273. The number of anilines is 1. The van der Waals surface area contributed by atoms with Crippen LogP contribution in [0.1, 0.15) is 16.8 Å². The van der Waals surface area contributed by atoms with Crippen molar-refractivity contribution in [1.29, 1.82) is 0 Å². The summed E-state index contributed by atoms with van der Waals surface area (Å²) in [6.07, 6.45) is 2.17. The number of benzene rings is 1. The number of thioether (sulfide) groups is 1. The van der Waals surface area contributed by atoms with Crippen LogP contribution in [0.2, 0.25) is 10.0 Å². The molecular formula is C11H11Cl2NO3S. The Hall–Kier alpha value is -0.910. The topological polar surface area (TPSA) is 66.4 Å². The molecule has 18 heavy (non-hydrogen) atoms. The van der Waals surface area contributed by atoms with Gasteiger partial charge in [-0.3, -0.25) is 4.79 Å². The molecule has 1 aromatic carbocycles. The molecule has 0 unspecified atom stereocenters. The quantitative estimate of drug-likeness (QED) is 0.875. The maximum atomic E-state index is 11.6. The number of hydrogen-bond acceptors (Lipinski definition) is 3. The SMILES string of the molecule is CSCCC(=O)Nc1c(Cl)cc(Cl)cc1C(=O)O. The van der Waals surface area contributed by atoms with E-state index in [0.717, 1.165) is 0 Å². The molecule has 0 aliphatic carbocycles. The molecule has 0 atom stereocenters. The number of carbonyl (C=O) groups is 2. The number of amides is 1. The third-order valence-electron chi connectivity index (χ3n) is 2.08. The van der Waals surface area contributed by atoms with Gasteiger partial charge in [-0.05, 0) is 18.4 Å². The Labute approximate surface area is 119 Å². The molecule has 2 N–H and O–H groups in total. The highest BCUT2D eigenvalue weighted by Crippen LogP contribution is 2.30. The van der Waals surface area contributed by atoms with Crippen LogP contribution in [0.15, 0.2) is 12.1 Å². The van der Waals surface area contributed by atoms with Gasteiger partial charge in [-0.1, -0.05) is 23.2 Å². The van der Waals surface area contributed by atoms with Crippen LogP contribution in [0.5, 0.6) is 0 Å². The number of rotatable bonds is 5. The second-order valence-electron chi connectivity index (χ2n) is 3.41. The Morgan fingerprint density at radius 2 is 2.06 bits per heavy atom. The lowest BCUT2D eigenvalue weighted by Crippen LogP contribution is -2.15. The van der Waals surface area contributed by atoms with Crippen LogP contribution >= 0.6 is 35.0 Å². The van der Waals surface area contributed by atoms with Crippen molar-refractivity contribution >= 4 is 52.5 Å². The number of halogens is 2. The van der Waals surface area contributed by atoms with Gasteiger partial charge in [-0.2, -0.15) is 11.8 Å². The molecule has 0 fully saturated rings. The van der Waals surface area contributed by atoms with Crippen molar-refractivity contribution in [2.75, 3.05) is 17.3 Å². The fourth-order valence-corrected chi connectivity index (χ4v) is 2.20. The van der Waals surface area contributed by atoms with Gasteiger partial charge >= 0.3 is 5.97 Å². The molecule has 0 saturated heterocycles. The van der Waals surface area contributed by atoms with Gasteiger partial charge in [0.2, 0.25) is 5.91 Å². The molecule has 0 spiro atoms. The van der Waals surface area contributed by atoms with E-state index < -0.39 is 5.97 Å². The third kappa shape index (κ3) is 4.08. The average Bonchev–Trinajstić information content (AvgIpc) is 2.29. The zero-order valence-corrected chi connectivity index (χ0v) is 11.8. The number of hydrogen-bond donors (Lipinski definition) is 2. The number of nitrogens with one attached hydrogen (secondary N) is 1. The van der Waals surface area contributed by atoms with Crippen molar-refractivity contribution in [1.82, 2.24) is 0 Å². The molecule has 1 aromatic rings. The summed E-state index contributed by atoms with van der Waals surface area (Å²) in [7, 11) is 0. The van der Waals surface area contributed by atoms with Crippen LogP contribution in [-0.2, 0) is 4.79 Å². The lowest BCUT2D eigenvalue weighted by molar-refractivity contribution is -0.115. The molecule has 0 aliphatic heterocycles. The van der Waals surface area contributed by atoms with E-state index in [4.69, 9.17) is 28.3 Å². The van der Waals surface area contributed by atoms with E-state index in [0.29, 0.717) is 12.2 Å². The van der Waals surface area contributed by atoms with Crippen LogP contribution in [-0.4, -0.2) is 29.0 Å². The van der Waals surface area contributed by atoms with E-state index in [1.54, 1.807) is 0 Å². The van der Waals surface area contributed by atoms with Gasteiger partial charge in [-0.15, -0.1) is 0 Å². The molecule has 0 aliphatic rings. The first kappa shape index (κ1) is 15.1. The minimum atomic E-state index is -1.19. The highest BCUT2D eigenvalue weighted by atomic mass is 35.5. The molecule has 0 radical (unpaired) electrons. The lowest BCUT2D eigenvalue weighted by Gasteiger charge is -2.10. The van der Waals surface area contributed by atoms with Crippen molar-refractivity contribution in [3.05, 3.63) is 27.7 Å². The first-order valence-electron chi connectivity index (χ1n) is 4.96. The van der Waals surface area contributed by atoms with Gasteiger partial charge in [-0.25, -0.2) is 4.79 Å². The van der Waals surface area contributed by atoms with Crippen LogP contribution in [0.4, 0.5) is 5.69 Å². The summed E-state index contributed by atoms with van der Waals surface area (Å²) in [4.78, 5) is 22.6. The van der Waals surface area contributed by atoms with Gasteiger partial charge in [0, 0.05) is 17.2 Å². The summed E-state index contributed by atoms with van der Waals surface area (Å²) < 4.78 is 0. The second-order valence-corrected chi connectivity index (χ2v) is 5.24. The van der Waals surface area contributed by atoms with Gasteiger partial charge in [0.05, 0.1) is 16.3 Å². The minimum Gasteiger partial charge on any atom is -0.478 e. The standard InChI is InChI=1S/C11H11Cl2NO3S/c1-18-3-2-9(15)14-10-7(11(16)17)4-6(12)5-8(10)13/h4-5H,2-3H2,1H3,(H,14,15)(H,16,17). The predicted molar refractivity (Wildman–Crippen MR) is 75.1 cm³/mol. The molecule has 0 bridgehead atoms. The summed E-state index contributed by atoms with van der Waals surface area (Å²) in [5, 5.41) is 11.8. The Balaban J connectivity index is 3.00. The van der Waals surface area contributed by atoms with Crippen molar-refractivity contribution < 1.29 is 14.7 Å². The van der Waals surface area contributed by atoms with Crippen LogP contribution in [0.3, 0.4) is 0 Å². The number of carboxylic acids is 1. The summed E-state index contributed by atoms with van der Waals surface area (Å²) >= 11 is 13.1. The maximum absolute atomic E-state index is 11.6. The zero-order chi connectivity index (χ0) is 13.7. The van der Waals surface area contributed by atoms with Crippen molar-refractivity contribution in [3.63, 3.8) is 0 Å². The number of carbonyl (C=O) groups excluding carboxylic acids is 1. The second kappa shape index (κ2) is 6.87. The van der Waals surface area contributed by atoms with Crippen molar-refractivity contribution in [2.45, 2.75) is 6.42 Å². The largest absolute Gasteiger partial charge is 0.478 e.